The second-order valence-electron chi connectivity index (χ2n) is 11.5. The zero-order chi connectivity index (χ0) is 24.0. The Hall–Kier alpha value is -1.79. The van der Waals surface area contributed by atoms with Crippen LogP contribution in [0.3, 0.4) is 0 Å². The standard InChI is InChI=1S/C26H35B2NO4/c1-10-29-21-15-17(27-30-23(2,3)24(4,5)31-27)11-13-19(21)20-14-12-18(16-22(20)29)28-32-25(6,7)26(8,9)33-28/h11-16H,10H2,1-9H3. The van der Waals surface area contributed by atoms with Gasteiger partial charge < -0.3 is 23.2 Å². The van der Waals surface area contributed by atoms with Gasteiger partial charge in [0.1, 0.15) is 0 Å². The van der Waals surface area contributed by atoms with Gasteiger partial charge in [-0.3, -0.25) is 0 Å². The molecule has 0 unspecified atom stereocenters. The first-order chi connectivity index (χ1) is 15.3. The van der Waals surface area contributed by atoms with Crippen molar-refractivity contribution in [3.63, 3.8) is 0 Å². The molecule has 2 aliphatic heterocycles. The highest BCUT2D eigenvalue weighted by Gasteiger charge is 2.52. The molecule has 2 fully saturated rings. The molecule has 2 aromatic carbocycles. The highest BCUT2D eigenvalue weighted by atomic mass is 16.7. The number of fused-ring (bicyclic) bond motifs is 3. The van der Waals surface area contributed by atoms with Gasteiger partial charge in [0.2, 0.25) is 0 Å². The summed E-state index contributed by atoms with van der Waals surface area (Å²) in [6.07, 6.45) is 0. The molecule has 0 amide bonds. The highest BCUT2D eigenvalue weighted by Crippen LogP contribution is 2.38. The van der Waals surface area contributed by atoms with Crippen LogP contribution in [-0.4, -0.2) is 41.2 Å². The van der Waals surface area contributed by atoms with Crippen LogP contribution >= 0.6 is 0 Å². The Balaban J connectivity index is 1.58. The summed E-state index contributed by atoms with van der Waals surface area (Å²) in [4.78, 5) is 0. The maximum absolute atomic E-state index is 6.31. The van der Waals surface area contributed by atoms with Crippen molar-refractivity contribution in [2.75, 3.05) is 0 Å². The van der Waals surface area contributed by atoms with Gasteiger partial charge in [-0.1, -0.05) is 24.3 Å². The van der Waals surface area contributed by atoms with Gasteiger partial charge in [-0.25, -0.2) is 0 Å². The van der Waals surface area contributed by atoms with E-state index in [9.17, 15) is 0 Å². The fourth-order valence-electron chi connectivity index (χ4n) is 4.72. The third kappa shape index (κ3) is 3.39. The van der Waals surface area contributed by atoms with Crippen LogP contribution in [0.5, 0.6) is 0 Å². The average molecular weight is 447 g/mol. The topological polar surface area (TPSA) is 41.9 Å². The number of rotatable bonds is 3. The van der Waals surface area contributed by atoms with E-state index in [0.717, 1.165) is 17.5 Å². The van der Waals surface area contributed by atoms with Crippen molar-refractivity contribution < 1.29 is 18.6 Å². The Kier molecular flexibility index (Phi) is 4.95. The normalized spacial score (nSPS) is 23.2. The van der Waals surface area contributed by atoms with E-state index in [2.05, 4.69) is 103 Å². The highest BCUT2D eigenvalue weighted by molar-refractivity contribution is 6.63. The molecule has 3 aromatic rings. The Labute approximate surface area is 198 Å². The molecule has 33 heavy (non-hydrogen) atoms. The van der Waals surface area contributed by atoms with Crippen LogP contribution < -0.4 is 10.9 Å². The number of hydrogen-bond acceptors (Lipinski definition) is 4. The predicted molar refractivity (Wildman–Crippen MR) is 137 cm³/mol. The lowest BCUT2D eigenvalue weighted by Crippen LogP contribution is -2.41. The van der Waals surface area contributed by atoms with Gasteiger partial charge in [0.15, 0.2) is 0 Å². The minimum atomic E-state index is -0.372. The molecule has 2 saturated heterocycles. The van der Waals surface area contributed by atoms with E-state index in [4.69, 9.17) is 18.6 Å². The molecule has 3 heterocycles. The van der Waals surface area contributed by atoms with Crippen LogP contribution in [-0.2, 0) is 25.2 Å². The van der Waals surface area contributed by atoms with Crippen LogP contribution in [0.2, 0.25) is 0 Å². The van der Waals surface area contributed by atoms with Crippen LogP contribution in [0.25, 0.3) is 21.8 Å². The summed E-state index contributed by atoms with van der Waals surface area (Å²) in [5, 5.41) is 2.46. The van der Waals surface area contributed by atoms with Crippen molar-refractivity contribution in [2.24, 2.45) is 0 Å². The minimum Gasteiger partial charge on any atom is -0.399 e. The van der Waals surface area contributed by atoms with Gasteiger partial charge in [0.05, 0.1) is 22.4 Å². The fraction of sp³-hybridized carbons (Fsp3) is 0.538. The molecule has 174 valence electrons. The lowest BCUT2D eigenvalue weighted by atomic mass is 9.78. The lowest BCUT2D eigenvalue weighted by Gasteiger charge is -2.32. The minimum absolute atomic E-state index is 0.359. The molecule has 0 saturated carbocycles. The summed E-state index contributed by atoms with van der Waals surface area (Å²) < 4.78 is 27.6. The van der Waals surface area contributed by atoms with Gasteiger partial charge in [-0.05, 0) is 85.4 Å². The predicted octanol–water partition coefficient (Wildman–Crippen LogP) is 4.41. The van der Waals surface area contributed by atoms with E-state index in [1.165, 1.54) is 21.8 Å². The first kappa shape index (κ1) is 23.0. The smallest absolute Gasteiger partial charge is 0.399 e. The molecule has 1 aromatic heterocycles. The molecule has 0 radical (unpaired) electrons. The second kappa shape index (κ2) is 7.11. The first-order valence-corrected chi connectivity index (χ1v) is 12.0. The zero-order valence-corrected chi connectivity index (χ0v) is 21.4. The van der Waals surface area contributed by atoms with Crippen LogP contribution in [0.4, 0.5) is 0 Å². The van der Waals surface area contributed by atoms with Crippen molar-refractivity contribution in [2.45, 2.75) is 91.3 Å². The van der Waals surface area contributed by atoms with Crippen molar-refractivity contribution >= 4 is 47.0 Å². The van der Waals surface area contributed by atoms with Crippen molar-refractivity contribution in [3.05, 3.63) is 36.4 Å². The molecule has 0 bridgehead atoms. The first-order valence-electron chi connectivity index (χ1n) is 12.0. The Morgan fingerprint density at radius 2 is 0.939 bits per heavy atom. The molecule has 5 rings (SSSR count). The molecule has 0 aliphatic carbocycles. The molecular formula is C26H35B2NO4. The van der Waals surface area contributed by atoms with E-state index in [0.29, 0.717) is 0 Å². The number of hydrogen-bond donors (Lipinski definition) is 0. The summed E-state index contributed by atoms with van der Waals surface area (Å²) >= 11 is 0. The molecule has 0 atom stereocenters. The quantitative estimate of drug-likeness (QED) is 0.558. The molecule has 2 aliphatic rings. The molecule has 0 N–H and O–H groups in total. The number of benzene rings is 2. The third-order valence-corrected chi connectivity index (χ3v) is 8.28. The fourth-order valence-corrected chi connectivity index (χ4v) is 4.72. The van der Waals surface area contributed by atoms with Crippen molar-refractivity contribution in [3.8, 4) is 0 Å². The number of nitrogens with zero attached hydrogens (tertiary/aromatic N) is 1. The zero-order valence-electron chi connectivity index (χ0n) is 21.4. The van der Waals surface area contributed by atoms with Gasteiger partial charge in [0, 0.05) is 28.4 Å². The summed E-state index contributed by atoms with van der Waals surface area (Å²) in [5.74, 6) is 0. The maximum Gasteiger partial charge on any atom is 0.494 e. The largest absolute Gasteiger partial charge is 0.494 e. The van der Waals surface area contributed by atoms with E-state index in [1.54, 1.807) is 0 Å². The lowest BCUT2D eigenvalue weighted by molar-refractivity contribution is 0.00578. The number of aromatic nitrogens is 1. The van der Waals surface area contributed by atoms with E-state index >= 15 is 0 Å². The van der Waals surface area contributed by atoms with Crippen LogP contribution in [0.1, 0.15) is 62.3 Å². The molecule has 5 nitrogen and oxygen atoms in total. The van der Waals surface area contributed by atoms with Gasteiger partial charge in [-0.2, -0.15) is 0 Å². The Morgan fingerprint density at radius 3 is 1.24 bits per heavy atom. The van der Waals surface area contributed by atoms with E-state index in [-0.39, 0.29) is 36.6 Å². The second-order valence-corrected chi connectivity index (χ2v) is 11.5. The summed E-state index contributed by atoms with van der Waals surface area (Å²) in [6.45, 7) is 19.8. The number of aryl methyl sites for hydroxylation is 1. The molecular weight excluding hydrogens is 412 g/mol. The molecule has 7 heteroatoms. The van der Waals surface area contributed by atoms with Crippen LogP contribution in [0, 0.1) is 0 Å². The van der Waals surface area contributed by atoms with Gasteiger partial charge in [-0.15, -0.1) is 0 Å². The van der Waals surface area contributed by atoms with Crippen molar-refractivity contribution in [1.82, 2.24) is 4.57 Å². The SMILES string of the molecule is CCn1c2cc(B3OC(C)(C)C(C)(C)O3)ccc2c2ccc(B3OC(C)(C)C(C)(C)O3)cc21. The van der Waals surface area contributed by atoms with Gasteiger partial charge in [0.25, 0.3) is 0 Å². The Bertz CT molecular complexity index is 1120. The van der Waals surface area contributed by atoms with E-state index in [1.807, 2.05) is 0 Å². The monoisotopic (exact) mass is 447 g/mol. The summed E-state index contributed by atoms with van der Waals surface area (Å²) in [5.41, 5.74) is 3.03. The van der Waals surface area contributed by atoms with E-state index < -0.39 is 0 Å². The summed E-state index contributed by atoms with van der Waals surface area (Å²) in [6, 6.07) is 13.1. The Morgan fingerprint density at radius 1 is 0.606 bits per heavy atom. The maximum atomic E-state index is 6.31. The third-order valence-electron chi connectivity index (χ3n) is 8.28. The molecule has 0 spiro atoms. The van der Waals surface area contributed by atoms with Gasteiger partial charge >= 0.3 is 14.2 Å². The summed E-state index contributed by atoms with van der Waals surface area (Å²) in [7, 11) is -0.744. The van der Waals surface area contributed by atoms with Crippen molar-refractivity contribution in [1.29, 1.82) is 0 Å². The van der Waals surface area contributed by atoms with Crippen LogP contribution in [0.15, 0.2) is 36.4 Å². The average Bonchev–Trinajstić information content (AvgIpc) is 3.23.